The lowest BCUT2D eigenvalue weighted by atomic mass is 10.0. The number of aromatic nitrogens is 1. The average molecular weight is 185 g/mol. The van der Waals surface area contributed by atoms with Crippen molar-refractivity contribution >= 4 is 0 Å². The van der Waals surface area contributed by atoms with Crippen LogP contribution in [0.4, 0.5) is 0 Å². The Bertz CT molecular complexity index is 435. The molecule has 0 fully saturated rings. The number of rotatable bonds is 1. The molecule has 72 valence electrons. The highest BCUT2D eigenvalue weighted by Gasteiger charge is 2.03. The molecule has 0 aliphatic rings. The topological polar surface area (TPSA) is 15.8 Å². The summed E-state index contributed by atoms with van der Waals surface area (Å²) in [6.45, 7) is 6.31. The van der Waals surface area contributed by atoms with Gasteiger partial charge in [-0.2, -0.15) is 0 Å². The van der Waals surface area contributed by atoms with Gasteiger partial charge in [0.25, 0.3) is 0 Å². The van der Waals surface area contributed by atoms with Crippen molar-refractivity contribution in [2.24, 2.45) is 0 Å². The third kappa shape index (κ3) is 1.58. The minimum absolute atomic E-state index is 1.22. The first-order valence-electron chi connectivity index (χ1n) is 4.90. The Morgan fingerprint density at radius 1 is 0.929 bits per heavy atom. The minimum Gasteiger partial charge on any atom is -0.362 e. The van der Waals surface area contributed by atoms with Crippen molar-refractivity contribution < 1.29 is 0 Å². The molecule has 1 heterocycles. The summed E-state index contributed by atoms with van der Waals surface area (Å²) in [6, 6.07) is 10.8. The highest BCUT2D eigenvalue weighted by molar-refractivity contribution is 5.67. The Hall–Kier alpha value is -1.50. The van der Waals surface area contributed by atoms with Crippen molar-refractivity contribution in [2.45, 2.75) is 20.8 Å². The maximum Gasteiger partial charge on any atom is 0.0197 e. The van der Waals surface area contributed by atoms with Gasteiger partial charge < -0.3 is 4.98 Å². The second kappa shape index (κ2) is 3.33. The van der Waals surface area contributed by atoms with E-state index in [2.05, 4.69) is 56.1 Å². The predicted molar refractivity (Wildman–Crippen MR) is 60.4 cm³/mol. The van der Waals surface area contributed by atoms with Gasteiger partial charge in [-0.15, -0.1) is 0 Å². The summed E-state index contributed by atoms with van der Waals surface area (Å²) in [5.41, 5.74) is 6.36. The molecule has 1 heteroatoms. The van der Waals surface area contributed by atoms with Crippen molar-refractivity contribution in [3.63, 3.8) is 0 Å². The fourth-order valence-electron chi connectivity index (χ4n) is 1.76. The van der Waals surface area contributed by atoms with Gasteiger partial charge in [0, 0.05) is 17.0 Å². The van der Waals surface area contributed by atoms with Crippen LogP contribution >= 0.6 is 0 Å². The molecule has 1 nitrogen and oxygen atoms in total. The first-order valence-corrected chi connectivity index (χ1v) is 4.90. The number of nitrogens with one attached hydrogen (secondary N) is 1. The molecule has 0 aliphatic heterocycles. The van der Waals surface area contributed by atoms with Gasteiger partial charge in [-0.05, 0) is 32.4 Å². The molecule has 0 unspecified atom stereocenters. The van der Waals surface area contributed by atoms with Crippen LogP contribution in [0.1, 0.15) is 17.0 Å². The number of aromatic amines is 1. The summed E-state index contributed by atoms with van der Waals surface area (Å²) in [5, 5.41) is 0. The van der Waals surface area contributed by atoms with E-state index in [1.54, 1.807) is 0 Å². The van der Waals surface area contributed by atoms with Gasteiger partial charge in [-0.3, -0.25) is 0 Å². The highest BCUT2D eigenvalue weighted by atomic mass is 14.7. The largest absolute Gasteiger partial charge is 0.362 e. The van der Waals surface area contributed by atoms with Gasteiger partial charge in [0.15, 0.2) is 0 Å². The number of hydrogen-bond donors (Lipinski definition) is 1. The normalized spacial score (nSPS) is 10.5. The number of H-pyrrole nitrogens is 1. The van der Waals surface area contributed by atoms with E-state index in [4.69, 9.17) is 0 Å². The predicted octanol–water partition coefficient (Wildman–Crippen LogP) is 3.61. The summed E-state index contributed by atoms with van der Waals surface area (Å²) >= 11 is 0. The Balaban J connectivity index is 2.49. The van der Waals surface area contributed by atoms with E-state index in [0.717, 1.165) is 0 Å². The van der Waals surface area contributed by atoms with E-state index in [1.807, 2.05) is 0 Å². The van der Waals surface area contributed by atoms with Crippen LogP contribution in [0.3, 0.4) is 0 Å². The fourth-order valence-corrected chi connectivity index (χ4v) is 1.76. The second-order valence-electron chi connectivity index (χ2n) is 3.86. The third-order valence-electron chi connectivity index (χ3n) is 2.51. The van der Waals surface area contributed by atoms with Crippen LogP contribution in [0.15, 0.2) is 30.3 Å². The lowest BCUT2D eigenvalue weighted by Gasteiger charge is -2.00. The molecule has 0 atom stereocenters. The molecule has 0 aliphatic carbocycles. The summed E-state index contributed by atoms with van der Waals surface area (Å²) in [5.74, 6) is 0. The van der Waals surface area contributed by atoms with Gasteiger partial charge in [-0.25, -0.2) is 0 Å². The van der Waals surface area contributed by atoms with Crippen LogP contribution in [0, 0.1) is 20.8 Å². The Kier molecular flexibility index (Phi) is 2.16. The van der Waals surface area contributed by atoms with E-state index in [-0.39, 0.29) is 0 Å². The van der Waals surface area contributed by atoms with Crippen molar-refractivity contribution in [3.05, 3.63) is 47.3 Å². The second-order valence-corrected chi connectivity index (χ2v) is 3.86. The zero-order valence-electron chi connectivity index (χ0n) is 8.89. The van der Waals surface area contributed by atoms with Crippen LogP contribution < -0.4 is 0 Å². The lowest BCUT2D eigenvalue weighted by molar-refractivity contribution is 1.19. The number of hydrogen-bond acceptors (Lipinski definition) is 0. The molecule has 0 saturated carbocycles. The molecule has 1 aromatic heterocycles. The molecule has 0 spiro atoms. The zero-order valence-corrected chi connectivity index (χ0v) is 8.89. The molecule has 14 heavy (non-hydrogen) atoms. The number of benzene rings is 1. The Labute approximate surface area is 84.8 Å². The zero-order chi connectivity index (χ0) is 10.1. The van der Waals surface area contributed by atoms with Gasteiger partial charge >= 0.3 is 0 Å². The fraction of sp³-hybridized carbons (Fsp3) is 0.231. The van der Waals surface area contributed by atoms with Crippen LogP contribution in [0.2, 0.25) is 0 Å². The molecular weight excluding hydrogens is 170 g/mol. The van der Waals surface area contributed by atoms with Crippen LogP contribution in [-0.2, 0) is 0 Å². The SMILES string of the molecule is Cc1ccc(-c2cc(C)[nH]c2C)cc1. The molecule has 0 amide bonds. The van der Waals surface area contributed by atoms with Crippen LogP contribution in [-0.4, -0.2) is 4.98 Å². The Morgan fingerprint density at radius 3 is 2.07 bits per heavy atom. The van der Waals surface area contributed by atoms with Crippen LogP contribution in [0.5, 0.6) is 0 Å². The molecule has 0 saturated heterocycles. The van der Waals surface area contributed by atoms with Gasteiger partial charge in [-0.1, -0.05) is 29.8 Å². The first kappa shape index (κ1) is 9.07. The highest BCUT2D eigenvalue weighted by Crippen LogP contribution is 2.24. The smallest absolute Gasteiger partial charge is 0.0197 e. The molecule has 1 N–H and O–H groups in total. The van der Waals surface area contributed by atoms with E-state index in [0.29, 0.717) is 0 Å². The standard InChI is InChI=1S/C13H15N/c1-9-4-6-12(7-5-9)13-8-10(2)14-11(13)3/h4-8,14H,1-3H3. The monoisotopic (exact) mass is 185 g/mol. The van der Waals surface area contributed by atoms with E-state index >= 15 is 0 Å². The van der Waals surface area contributed by atoms with Crippen molar-refractivity contribution in [1.82, 2.24) is 4.98 Å². The average Bonchev–Trinajstić information content (AvgIpc) is 2.47. The van der Waals surface area contributed by atoms with Gasteiger partial charge in [0.2, 0.25) is 0 Å². The van der Waals surface area contributed by atoms with Crippen LogP contribution in [0.25, 0.3) is 11.1 Å². The third-order valence-corrected chi connectivity index (χ3v) is 2.51. The summed E-state index contributed by atoms with van der Waals surface area (Å²) < 4.78 is 0. The van der Waals surface area contributed by atoms with Crippen molar-refractivity contribution in [3.8, 4) is 11.1 Å². The first-order chi connectivity index (χ1) is 6.66. The molecular formula is C13H15N. The molecule has 2 aromatic rings. The van der Waals surface area contributed by atoms with Crippen molar-refractivity contribution in [1.29, 1.82) is 0 Å². The van der Waals surface area contributed by atoms with E-state index in [9.17, 15) is 0 Å². The summed E-state index contributed by atoms with van der Waals surface area (Å²) in [6.07, 6.45) is 0. The summed E-state index contributed by atoms with van der Waals surface area (Å²) in [7, 11) is 0. The quantitative estimate of drug-likeness (QED) is 0.698. The van der Waals surface area contributed by atoms with E-state index < -0.39 is 0 Å². The molecule has 1 aromatic carbocycles. The van der Waals surface area contributed by atoms with Crippen molar-refractivity contribution in [2.75, 3.05) is 0 Å². The van der Waals surface area contributed by atoms with E-state index in [1.165, 1.54) is 28.1 Å². The molecule has 0 radical (unpaired) electrons. The number of aryl methyl sites for hydroxylation is 3. The molecule has 0 bridgehead atoms. The molecule has 2 rings (SSSR count). The Morgan fingerprint density at radius 2 is 1.57 bits per heavy atom. The maximum atomic E-state index is 3.32. The summed E-state index contributed by atoms with van der Waals surface area (Å²) in [4.78, 5) is 3.32. The minimum atomic E-state index is 1.22. The lowest BCUT2D eigenvalue weighted by Crippen LogP contribution is -1.79. The maximum absolute atomic E-state index is 3.32. The van der Waals surface area contributed by atoms with Gasteiger partial charge in [0.1, 0.15) is 0 Å². The van der Waals surface area contributed by atoms with Gasteiger partial charge in [0.05, 0.1) is 0 Å².